The van der Waals surface area contributed by atoms with E-state index in [-0.39, 0.29) is 11.1 Å². The zero-order valence-corrected chi connectivity index (χ0v) is 21.7. The first kappa shape index (κ1) is 27.1. The number of rotatable bonds is 8. The van der Waals surface area contributed by atoms with Crippen LogP contribution in [0.3, 0.4) is 0 Å². The minimum absolute atomic E-state index is 0.127. The second-order valence-electron chi connectivity index (χ2n) is 10.1. The highest BCUT2D eigenvalue weighted by atomic mass is 19.2. The quantitative estimate of drug-likeness (QED) is 0.306. The standard InChI is InChI=1S/C30H35F2N3O/c1-21(7-6-8-22(2)17-29(36)34-25-10-12-27(31)28(32)18-25)9-11-26-23(3)24(13-14-30(26,4)5)19-35-16-15-33-20-35/h6-12,15-18,20,24H,13-14,19H2,1-5H3,(H,34,36). The van der Waals surface area contributed by atoms with Crippen molar-refractivity contribution in [2.45, 2.75) is 54.0 Å². The van der Waals surface area contributed by atoms with Crippen LogP contribution in [0.25, 0.3) is 0 Å². The molecule has 190 valence electrons. The van der Waals surface area contributed by atoms with Crippen LogP contribution in [0.5, 0.6) is 0 Å². The van der Waals surface area contributed by atoms with Crippen LogP contribution in [0.4, 0.5) is 14.5 Å². The Bertz CT molecular complexity index is 1230. The predicted molar refractivity (Wildman–Crippen MR) is 142 cm³/mol. The van der Waals surface area contributed by atoms with Crippen molar-refractivity contribution >= 4 is 11.6 Å². The summed E-state index contributed by atoms with van der Waals surface area (Å²) in [4.78, 5) is 16.3. The molecule has 0 radical (unpaired) electrons. The molecular weight excluding hydrogens is 456 g/mol. The van der Waals surface area contributed by atoms with E-state index >= 15 is 0 Å². The lowest BCUT2D eigenvalue weighted by Gasteiger charge is -2.37. The molecule has 1 aromatic carbocycles. The molecule has 1 aliphatic rings. The van der Waals surface area contributed by atoms with Gasteiger partial charge in [-0.15, -0.1) is 0 Å². The van der Waals surface area contributed by atoms with E-state index in [4.69, 9.17) is 0 Å². The van der Waals surface area contributed by atoms with Crippen LogP contribution in [0, 0.1) is 23.0 Å². The molecule has 0 fully saturated rings. The molecule has 0 spiro atoms. The summed E-state index contributed by atoms with van der Waals surface area (Å²) in [5.74, 6) is -1.86. The molecule has 36 heavy (non-hydrogen) atoms. The Labute approximate surface area is 212 Å². The number of anilines is 1. The Morgan fingerprint density at radius 1 is 1.19 bits per heavy atom. The lowest BCUT2D eigenvalue weighted by Crippen LogP contribution is -2.26. The monoisotopic (exact) mass is 491 g/mol. The number of amides is 1. The number of nitrogens with one attached hydrogen (secondary N) is 1. The Morgan fingerprint density at radius 2 is 1.97 bits per heavy atom. The van der Waals surface area contributed by atoms with Crippen molar-refractivity contribution in [3.8, 4) is 0 Å². The molecule has 1 atom stereocenters. The van der Waals surface area contributed by atoms with Gasteiger partial charge in [-0.2, -0.15) is 0 Å². The fourth-order valence-electron chi connectivity index (χ4n) is 4.50. The number of imidazole rings is 1. The van der Waals surface area contributed by atoms with E-state index in [0.29, 0.717) is 5.92 Å². The van der Waals surface area contributed by atoms with Crippen molar-refractivity contribution in [1.29, 1.82) is 0 Å². The van der Waals surface area contributed by atoms with Crippen molar-refractivity contribution in [2.24, 2.45) is 11.3 Å². The van der Waals surface area contributed by atoms with Gasteiger partial charge in [-0.05, 0) is 68.2 Å². The maximum Gasteiger partial charge on any atom is 0.248 e. The molecule has 1 aromatic heterocycles. The first-order chi connectivity index (χ1) is 17.0. The van der Waals surface area contributed by atoms with Gasteiger partial charge in [-0.25, -0.2) is 13.8 Å². The molecule has 1 heterocycles. The van der Waals surface area contributed by atoms with Gasteiger partial charge < -0.3 is 9.88 Å². The van der Waals surface area contributed by atoms with Gasteiger partial charge in [0, 0.05) is 36.8 Å². The fourth-order valence-corrected chi connectivity index (χ4v) is 4.50. The van der Waals surface area contributed by atoms with Crippen LogP contribution < -0.4 is 5.32 Å². The van der Waals surface area contributed by atoms with E-state index in [9.17, 15) is 13.6 Å². The highest BCUT2D eigenvalue weighted by Crippen LogP contribution is 2.44. The molecule has 4 nitrogen and oxygen atoms in total. The van der Waals surface area contributed by atoms with E-state index in [2.05, 4.69) is 47.8 Å². The van der Waals surface area contributed by atoms with Gasteiger partial charge in [0.1, 0.15) is 0 Å². The van der Waals surface area contributed by atoms with Crippen LogP contribution in [0.2, 0.25) is 0 Å². The van der Waals surface area contributed by atoms with E-state index < -0.39 is 17.5 Å². The molecule has 3 rings (SSSR count). The van der Waals surface area contributed by atoms with Gasteiger partial charge >= 0.3 is 0 Å². The number of halogens is 2. The molecule has 1 aliphatic carbocycles. The fraction of sp³-hybridized carbons (Fsp3) is 0.333. The molecule has 6 heteroatoms. The summed E-state index contributed by atoms with van der Waals surface area (Å²) in [7, 11) is 0. The molecular formula is C30H35F2N3O. The number of carbonyl (C=O) groups excluding carboxylic acids is 1. The van der Waals surface area contributed by atoms with E-state index in [1.807, 2.05) is 43.9 Å². The summed E-state index contributed by atoms with van der Waals surface area (Å²) in [6.45, 7) is 11.7. The summed E-state index contributed by atoms with van der Waals surface area (Å²) in [6, 6.07) is 3.25. The number of allylic oxidation sites excluding steroid dienone is 9. The van der Waals surface area contributed by atoms with Crippen LogP contribution >= 0.6 is 0 Å². The number of hydrogen-bond acceptors (Lipinski definition) is 2. The molecule has 1 amide bonds. The zero-order chi connectivity index (χ0) is 26.3. The van der Waals surface area contributed by atoms with Crippen molar-refractivity contribution in [2.75, 3.05) is 5.32 Å². The van der Waals surface area contributed by atoms with Gasteiger partial charge in [0.05, 0.1) is 6.33 Å². The van der Waals surface area contributed by atoms with Crippen molar-refractivity contribution in [1.82, 2.24) is 9.55 Å². The smallest absolute Gasteiger partial charge is 0.248 e. The molecule has 2 aromatic rings. The van der Waals surface area contributed by atoms with Crippen LogP contribution in [0.1, 0.15) is 47.5 Å². The summed E-state index contributed by atoms with van der Waals surface area (Å²) in [5.41, 5.74) is 4.99. The number of nitrogens with zero attached hydrogens (tertiary/aromatic N) is 2. The average molecular weight is 492 g/mol. The van der Waals surface area contributed by atoms with Crippen molar-refractivity contribution in [3.05, 3.63) is 107 Å². The van der Waals surface area contributed by atoms with Crippen molar-refractivity contribution in [3.63, 3.8) is 0 Å². The van der Waals surface area contributed by atoms with Gasteiger partial charge in [0.15, 0.2) is 11.6 Å². The van der Waals surface area contributed by atoms with Gasteiger partial charge in [0.2, 0.25) is 5.91 Å². The Kier molecular flexibility index (Phi) is 8.97. The first-order valence-corrected chi connectivity index (χ1v) is 12.2. The van der Waals surface area contributed by atoms with Crippen LogP contribution in [-0.4, -0.2) is 15.5 Å². The largest absolute Gasteiger partial charge is 0.337 e. The van der Waals surface area contributed by atoms with E-state index in [1.54, 1.807) is 6.92 Å². The third-order valence-electron chi connectivity index (χ3n) is 6.65. The molecule has 0 aliphatic heterocycles. The van der Waals surface area contributed by atoms with Crippen LogP contribution in [-0.2, 0) is 11.3 Å². The maximum absolute atomic E-state index is 13.3. The summed E-state index contributed by atoms with van der Waals surface area (Å²) < 4.78 is 28.5. The topological polar surface area (TPSA) is 46.9 Å². The van der Waals surface area contributed by atoms with Gasteiger partial charge in [-0.1, -0.05) is 55.4 Å². The Morgan fingerprint density at radius 3 is 2.67 bits per heavy atom. The lowest BCUT2D eigenvalue weighted by molar-refractivity contribution is -0.111. The van der Waals surface area contributed by atoms with Crippen molar-refractivity contribution < 1.29 is 13.6 Å². The average Bonchev–Trinajstić information content (AvgIpc) is 3.31. The lowest BCUT2D eigenvalue weighted by atomic mass is 9.68. The number of benzene rings is 1. The first-order valence-electron chi connectivity index (χ1n) is 12.2. The molecule has 1 unspecified atom stereocenters. The highest BCUT2D eigenvalue weighted by molar-refractivity contribution is 5.99. The SMILES string of the molecule is CC(C=CC1=C(C)C(Cn2ccnc2)CCC1(C)C)=CC=CC(C)=CC(=O)Nc1ccc(F)c(F)c1. The summed E-state index contributed by atoms with van der Waals surface area (Å²) >= 11 is 0. The van der Waals surface area contributed by atoms with E-state index in [0.717, 1.165) is 36.2 Å². The summed E-state index contributed by atoms with van der Waals surface area (Å²) in [6.07, 6.45) is 19.5. The van der Waals surface area contributed by atoms with Gasteiger partial charge in [0.25, 0.3) is 0 Å². The minimum atomic E-state index is -1.00. The number of aromatic nitrogens is 2. The Hall–Kier alpha value is -3.54. The molecule has 0 saturated heterocycles. The normalized spacial score (nSPS) is 18.9. The highest BCUT2D eigenvalue weighted by Gasteiger charge is 2.31. The Balaban J connectivity index is 1.63. The molecule has 0 bridgehead atoms. The third-order valence-corrected chi connectivity index (χ3v) is 6.65. The number of hydrogen-bond donors (Lipinski definition) is 1. The second-order valence-corrected chi connectivity index (χ2v) is 10.1. The van der Waals surface area contributed by atoms with Crippen LogP contribution in [0.15, 0.2) is 95.7 Å². The maximum atomic E-state index is 13.3. The molecule has 1 N–H and O–H groups in total. The van der Waals surface area contributed by atoms with E-state index in [1.165, 1.54) is 29.7 Å². The zero-order valence-electron chi connectivity index (χ0n) is 21.7. The number of carbonyl (C=O) groups is 1. The predicted octanol–water partition coefficient (Wildman–Crippen LogP) is 7.56. The third kappa shape index (κ3) is 7.48. The minimum Gasteiger partial charge on any atom is -0.337 e. The summed E-state index contributed by atoms with van der Waals surface area (Å²) in [5, 5.41) is 2.53. The molecule has 0 saturated carbocycles. The second kappa shape index (κ2) is 11.9. The van der Waals surface area contributed by atoms with Gasteiger partial charge in [-0.3, -0.25) is 4.79 Å².